The molecular formula is C9H11N3S2. The van der Waals surface area contributed by atoms with Gasteiger partial charge in [-0.1, -0.05) is 0 Å². The second-order valence-corrected chi connectivity index (χ2v) is 5.23. The molecule has 2 rings (SSSR count). The second kappa shape index (κ2) is 3.76. The number of aryl methyl sites for hydroxylation is 2. The second-order valence-electron chi connectivity index (χ2n) is 3.13. The van der Waals surface area contributed by atoms with Crippen molar-refractivity contribution in [2.75, 3.05) is 0 Å². The first kappa shape index (κ1) is 9.76. The Bertz CT molecular complexity index is 392. The van der Waals surface area contributed by atoms with Gasteiger partial charge in [0.1, 0.15) is 0 Å². The number of nitrogens with zero attached hydrogens (tertiary/aromatic N) is 2. The summed E-state index contributed by atoms with van der Waals surface area (Å²) in [5.74, 6) is 0. The van der Waals surface area contributed by atoms with Crippen molar-refractivity contribution in [3.05, 3.63) is 32.7 Å². The highest BCUT2D eigenvalue weighted by Gasteiger charge is 2.13. The normalized spacial score (nSPS) is 13.1. The number of hydrogen-bond acceptors (Lipinski definition) is 5. The highest BCUT2D eigenvalue weighted by Crippen LogP contribution is 2.27. The minimum absolute atomic E-state index is 0.0626. The van der Waals surface area contributed by atoms with Crippen LogP contribution in [0.2, 0.25) is 0 Å². The minimum Gasteiger partial charge on any atom is -0.319 e. The Hall–Kier alpha value is -0.780. The predicted octanol–water partition coefficient (Wildman–Crippen LogP) is 2.26. The highest BCUT2D eigenvalue weighted by molar-refractivity contribution is 7.12. The molecule has 2 aromatic heterocycles. The molecule has 0 aromatic carbocycles. The van der Waals surface area contributed by atoms with Crippen LogP contribution in [0.3, 0.4) is 0 Å². The topological polar surface area (TPSA) is 51.8 Å². The number of rotatable bonds is 2. The van der Waals surface area contributed by atoms with Crippen LogP contribution in [0, 0.1) is 13.8 Å². The smallest absolute Gasteiger partial charge is 0.0897 e. The molecule has 1 unspecified atom stereocenters. The molecule has 2 heterocycles. The molecule has 1 atom stereocenters. The van der Waals surface area contributed by atoms with Gasteiger partial charge >= 0.3 is 0 Å². The molecule has 2 N–H and O–H groups in total. The molecule has 0 saturated heterocycles. The van der Waals surface area contributed by atoms with E-state index in [0.29, 0.717) is 0 Å². The summed E-state index contributed by atoms with van der Waals surface area (Å²) in [5.41, 5.74) is 7.11. The maximum Gasteiger partial charge on any atom is 0.0897 e. The van der Waals surface area contributed by atoms with Gasteiger partial charge in [0, 0.05) is 16.0 Å². The van der Waals surface area contributed by atoms with Crippen LogP contribution in [0.4, 0.5) is 0 Å². The van der Waals surface area contributed by atoms with Crippen LogP contribution in [-0.2, 0) is 0 Å². The SMILES string of the molecule is Cc1cc(C(N)c2cnc(C)s2)sn1. The molecule has 74 valence electrons. The van der Waals surface area contributed by atoms with Crippen molar-refractivity contribution in [2.24, 2.45) is 5.73 Å². The fourth-order valence-corrected chi connectivity index (χ4v) is 2.84. The quantitative estimate of drug-likeness (QED) is 0.853. The third kappa shape index (κ3) is 1.84. The molecule has 0 spiro atoms. The van der Waals surface area contributed by atoms with Gasteiger partial charge in [-0.05, 0) is 31.4 Å². The van der Waals surface area contributed by atoms with Crippen molar-refractivity contribution in [3.8, 4) is 0 Å². The van der Waals surface area contributed by atoms with E-state index in [1.165, 1.54) is 11.5 Å². The van der Waals surface area contributed by atoms with E-state index in [0.717, 1.165) is 20.5 Å². The van der Waals surface area contributed by atoms with Crippen LogP contribution in [0.25, 0.3) is 0 Å². The van der Waals surface area contributed by atoms with E-state index in [4.69, 9.17) is 5.73 Å². The van der Waals surface area contributed by atoms with Gasteiger partial charge in [0.2, 0.25) is 0 Å². The standard InChI is InChI=1S/C9H11N3S2/c1-5-3-7(14-12-5)9(10)8-4-11-6(2)13-8/h3-4,9H,10H2,1-2H3. The van der Waals surface area contributed by atoms with Crippen molar-refractivity contribution in [1.82, 2.24) is 9.36 Å². The molecule has 0 bridgehead atoms. The van der Waals surface area contributed by atoms with E-state index in [9.17, 15) is 0 Å². The number of nitrogens with two attached hydrogens (primary N) is 1. The van der Waals surface area contributed by atoms with Gasteiger partial charge in [-0.3, -0.25) is 0 Å². The lowest BCUT2D eigenvalue weighted by molar-refractivity contribution is 0.911. The van der Waals surface area contributed by atoms with Gasteiger partial charge in [0.25, 0.3) is 0 Å². The Balaban J connectivity index is 2.28. The number of aromatic nitrogens is 2. The minimum atomic E-state index is -0.0626. The lowest BCUT2D eigenvalue weighted by Crippen LogP contribution is -2.08. The van der Waals surface area contributed by atoms with Crippen molar-refractivity contribution in [2.45, 2.75) is 19.9 Å². The third-order valence-corrected chi connectivity index (χ3v) is 3.86. The van der Waals surface area contributed by atoms with E-state index in [2.05, 4.69) is 9.36 Å². The molecule has 0 saturated carbocycles. The Labute approximate surface area is 90.8 Å². The van der Waals surface area contributed by atoms with E-state index in [1.807, 2.05) is 26.1 Å². The van der Waals surface area contributed by atoms with E-state index in [1.54, 1.807) is 11.3 Å². The van der Waals surface area contributed by atoms with Crippen LogP contribution in [-0.4, -0.2) is 9.36 Å². The summed E-state index contributed by atoms with van der Waals surface area (Å²) >= 11 is 3.11. The largest absolute Gasteiger partial charge is 0.319 e. The zero-order valence-corrected chi connectivity index (χ0v) is 9.65. The van der Waals surface area contributed by atoms with Crippen molar-refractivity contribution in [3.63, 3.8) is 0 Å². The fraction of sp³-hybridized carbons (Fsp3) is 0.333. The summed E-state index contributed by atoms with van der Waals surface area (Å²) in [5, 5.41) is 1.05. The van der Waals surface area contributed by atoms with Gasteiger partial charge in [-0.2, -0.15) is 4.37 Å². The lowest BCUT2D eigenvalue weighted by Gasteiger charge is -2.03. The summed E-state index contributed by atoms with van der Waals surface area (Å²) in [7, 11) is 0. The van der Waals surface area contributed by atoms with Crippen molar-refractivity contribution < 1.29 is 0 Å². The van der Waals surface area contributed by atoms with Crippen molar-refractivity contribution >= 4 is 22.9 Å². The summed E-state index contributed by atoms with van der Waals surface area (Å²) in [6.07, 6.45) is 1.85. The Morgan fingerprint density at radius 2 is 2.14 bits per heavy atom. The van der Waals surface area contributed by atoms with Crippen molar-refractivity contribution in [1.29, 1.82) is 0 Å². The Kier molecular flexibility index (Phi) is 2.62. The Morgan fingerprint density at radius 1 is 1.36 bits per heavy atom. The van der Waals surface area contributed by atoms with E-state index >= 15 is 0 Å². The first-order valence-electron chi connectivity index (χ1n) is 4.28. The molecule has 3 nitrogen and oxygen atoms in total. The maximum atomic E-state index is 6.08. The van der Waals surface area contributed by atoms with E-state index in [-0.39, 0.29) is 6.04 Å². The van der Waals surface area contributed by atoms with Gasteiger partial charge < -0.3 is 5.73 Å². The highest BCUT2D eigenvalue weighted by atomic mass is 32.1. The monoisotopic (exact) mass is 225 g/mol. The summed E-state index contributed by atoms with van der Waals surface area (Å²) in [4.78, 5) is 6.40. The molecule has 0 amide bonds. The molecule has 0 fully saturated rings. The maximum absolute atomic E-state index is 6.08. The van der Waals surface area contributed by atoms with Crippen LogP contribution >= 0.6 is 22.9 Å². The molecule has 0 aliphatic carbocycles. The number of hydrogen-bond donors (Lipinski definition) is 1. The molecule has 0 radical (unpaired) electrons. The summed E-state index contributed by atoms with van der Waals surface area (Å²) in [6.45, 7) is 3.96. The lowest BCUT2D eigenvalue weighted by atomic mass is 10.2. The molecular weight excluding hydrogens is 214 g/mol. The molecule has 0 aliphatic rings. The van der Waals surface area contributed by atoms with Gasteiger partial charge in [0.05, 0.1) is 16.7 Å². The molecule has 14 heavy (non-hydrogen) atoms. The molecule has 5 heteroatoms. The van der Waals surface area contributed by atoms with Crippen LogP contribution in [0.1, 0.15) is 26.5 Å². The molecule has 2 aromatic rings. The van der Waals surface area contributed by atoms with Gasteiger partial charge in [-0.25, -0.2) is 4.98 Å². The van der Waals surface area contributed by atoms with Gasteiger partial charge in [-0.15, -0.1) is 11.3 Å². The number of thiazole rings is 1. The zero-order chi connectivity index (χ0) is 10.1. The third-order valence-electron chi connectivity index (χ3n) is 1.90. The average molecular weight is 225 g/mol. The Morgan fingerprint density at radius 3 is 2.64 bits per heavy atom. The predicted molar refractivity (Wildman–Crippen MR) is 59.7 cm³/mol. The van der Waals surface area contributed by atoms with Crippen LogP contribution in [0.5, 0.6) is 0 Å². The fourth-order valence-electron chi connectivity index (χ4n) is 1.19. The summed E-state index contributed by atoms with van der Waals surface area (Å²) < 4.78 is 4.22. The summed E-state index contributed by atoms with van der Waals surface area (Å²) in [6, 6.07) is 1.97. The zero-order valence-electron chi connectivity index (χ0n) is 8.02. The molecule has 0 aliphatic heterocycles. The first-order valence-corrected chi connectivity index (χ1v) is 5.87. The first-order chi connectivity index (χ1) is 6.66. The average Bonchev–Trinajstić information content (AvgIpc) is 2.73. The van der Waals surface area contributed by atoms with Crippen LogP contribution < -0.4 is 5.73 Å². The van der Waals surface area contributed by atoms with E-state index < -0.39 is 0 Å². The van der Waals surface area contributed by atoms with Gasteiger partial charge in [0.15, 0.2) is 0 Å². The van der Waals surface area contributed by atoms with Crippen LogP contribution in [0.15, 0.2) is 12.3 Å².